The molecule has 13 heavy (non-hydrogen) atoms. The monoisotopic (exact) mass is 180 g/mol. The minimum atomic E-state index is 0.0835. The molecule has 0 N–H and O–H groups in total. The van der Waals surface area contributed by atoms with Gasteiger partial charge < -0.3 is 9.62 Å². The molecule has 0 spiro atoms. The van der Waals surface area contributed by atoms with Crippen molar-refractivity contribution in [3.05, 3.63) is 30.3 Å². The lowest BCUT2D eigenvalue weighted by atomic mass is 10.3. The molecule has 1 aliphatic heterocycles. The van der Waals surface area contributed by atoms with Gasteiger partial charge in [0.05, 0.1) is 6.61 Å². The van der Waals surface area contributed by atoms with Gasteiger partial charge in [-0.05, 0) is 12.1 Å². The maximum Gasteiger partial charge on any atom is 0.165 e. The highest BCUT2D eigenvalue weighted by Gasteiger charge is 2.17. The summed E-state index contributed by atoms with van der Waals surface area (Å²) in [6.07, 6.45) is 0.993. The SMILES string of the molecule is c1ccc(OOC2CCOC2)cc1. The van der Waals surface area contributed by atoms with Gasteiger partial charge in [0, 0.05) is 13.0 Å². The van der Waals surface area contributed by atoms with E-state index in [1.807, 2.05) is 30.3 Å². The quantitative estimate of drug-likeness (QED) is 0.524. The van der Waals surface area contributed by atoms with Crippen molar-refractivity contribution in [2.75, 3.05) is 13.2 Å². The number of para-hydroxylation sites is 1. The number of ether oxygens (including phenoxy) is 1. The fraction of sp³-hybridized carbons (Fsp3) is 0.400. The minimum Gasteiger partial charge on any atom is -0.378 e. The maximum atomic E-state index is 5.16. The predicted molar refractivity (Wildman–Crippen MR) is 47.4 cm³/mol. The van der Waals surface area contributed by atoms with Crippen molar-refractivity contribution in [3.8, 4) is 5.75 Å². The smallest absolute Gasteiger partial charge is 0.165 e. The van der Waals surface area contributed by atoms with Crippen LogP contribution in [0.2, 0.25) is 0 Å². The molecule has 1 heterocycles. The van der Waals surface area contributed by atoms with E-state index in [-0.39, 0.29) is 6.10 Å². The Morgan fingerprint density at radius 1 is 1.23 bits per heavy atom. The molecule has 0 radical (unpaired) electrons. The van der Waals surface area contributed by atoms with Crippen molar-refractivity contribution in [3.63, 3.8) is 0 Å². The Labute approximate surface area is 77.2 Å². The van der Waals surface area contributed by atoms with Gasteiger partial charge in [-0.15, -0.1) is 0 Å². The Hall–Kier alpha value is -1.06. The molecule has 1 fully saturated rings. The third-order valence-electron chi connectivity index (χ3n) is 1.91. The van der Waals surface area contributed by atoms with E-state index < -0.39 is 0 Å². The van der Waals surface area contributed by atoms with E-state index >= 15 is 0 Å². The summed E-state index contributed by atoms with van der Waals surface area (Å²) in [6.45, 7) is 1.40. The Morgan fingerprint density at radius 3 is 2.77 bits per heavy atom. The first kappa shape index (κ1) is 8.53. The highest BCUT2D eigenvalue weighted by atomic mass is 17.2. The van der Waals surface area contributed by atoms with Gasteiger partial charge in [0.25, 0.3) is 0 Å². The van der Waals surface area contributed by atoms with Gasteiger partial charge in [-0.2, -0.15) is 4.89 Å². The third-order valence-corrected chi connectivity index (χ3v) is 1.91. The summed E-state index contributed by atoms with van der Waals surface area (Å²) in [4.78, 5) is 10.3. The van der Waals surface area contributed by atoms with Gasteiger partial charge in [-0.25, -0.2) is 0 Å². The van der Waals surface area contributed by atoms with Gasteiger partial charge >= 0.3 is 0 Å². The normalized spacial score (nSPS) is 21.7. The van der Waals surface area contributed by atoms with Crippen LogP contribution in [0.1, 0.15) is 6.42 Å². The van der Waals surface area contributed by atoms with Crippen molar-refractivity contribution < 1.29 is 14.5 Å². The van der Waals surface area contributed by atoms with Crippen molar-refractivity contribution in [1.82, 2.24) is 0 Å². The van der Waals surface area contributed by atoms with Crippen LogP contribution in [0.3, 0.4) is 0 Å². The Balaban J connectivity index is 1.79. The molecule has 0 aliphatic carbocycles. The molecule has 1 unspecified atom stereocenters. The highest BCUT2D eigenvalue weighted by molar-refractivity contribution is 5.20. The van der Waals surface area contributed by atoms with E-state index in [0.29, 0.717) is 6.61 Å². The van der Waals surface area contributed by atoms with Crippen LogP contribution >= 0.6 is 0 Å². The summed E-state index contributed by atoms with van der Waals surface area (Å²) < 4.78 is 5.14. The lowest BCUT2D eigenvalue weighted by Crippen LogP contribution is -2.14. The molecule has 1 aliphatic rings. The lowest BCUT2D eigenvalue weighted by molar-refractivity contribution is -0.242. The Morgan fingerprint density at radius 2 is 2.08 bits per heavy atom. The first-order valence-electron chi connectivity index (χ1n) is 4.41. The van der Waals surface area contributed by atoms with Crippen molar-refractivity contribution >= 4 is 0 Å². The van der Waals surface area contributed by atoms with Crippen LogP contribution in [0, 0.1) is 0 Å². The summed E-state index contributed by atoms with van der Waals surface area (Å²) in [7, 11) is 0. The molecule has 1 aromatic carbocycles. The second-order valence-corrected chi connectivity index (χ2v) is 2.98. The maximum absolute atomic E-state index is 5.16. The van der Waals surface area contributed by atoms with Crippen LogP contribution in [-0.2, 0) is 9.62 Å². The molecule has 3 nitrogen and oxygen atoms in total. The van der Waals surface area contributed by atoms with E-state index in [4.69, 9.17) is 14.5 Å². The highest BCUT2D eigenvalue weighted by Crippen LogP contribution is 2.13. The standard InChI is InChI=1S/C10H12O3/c1-2-4-9(5-3-1)12-13-10-6-7-11-8-10/h1-5,10H,6-8H2. The molecule has 1 saturated heterocycles. The Bertz CT molecular complexity index is 242. The summed E-state index contributed by atoms with van der Waals surface area (Å²) in [5.74, 6) is 0.731. The van der Waals surface area contributed by atoms with Crippen molar-refractivity contribution in [2.24, 2.45) is 0 Å². The van der Waals surface area contributed by atoms with Crippen LogP contribution in [0.25, 0.3) is 0 Å². The first-order chi connectivity index (χ1) is 6.45. The topological polar surface area (TPSA) is 27.7 Å². The van der Waals surface area contributed by atoms with Crippen LogP contribution in [0.4, 0.5) is 0 Å². The molecule has 2 rings (SSSR count). The molecule has 0 amide bonds. The van der Waals surface area contributed by atoms with E-state index in [1.165, 1.54) is 0 Å². The number of benzene rings is 1. The molecular formula is C10H12O3. The molecule has 1 aromatic rings. The zero-order chi connectivity index (χ0) is 8.93. The summed E-state index contributed by atoms with van der Waals surface area (Å²) in [6, 6.07) is 9.46. The van der Waals surface area contributed by atoms with Gasteiger partial charge in [0.2, 0.25) is 0 Å². The molecule has 3 heteroatoms. The average Bonchev–Trinajstić information content (AvgIpc) is 2.69. The van der Waals surface area contributed by atoms with Crippen LogP contribution in [0.15, 0.2) is 30.3 Å². The zero-order valence-corrected chi connectivity index (χ0v) is 7.31. The molecule has 0 aromatic heterocycles. The third kappa shape index (κ3) is 2.44. The van der Waals surface area contributed by atoms with Gasteiger partial charge in [0.15, 0.2) is 5.75 Å². The fourth-order valence-electron chi connectivity index (χ4n) is 1.19. The second-order valence-electron chi connectivity index (χ2n) is 2.98. The van der Waals surface area contributed by atoms with Gasteiger partial charge in [-0.3, -0.25) is 0 Å². The zero-order valence-electron chi connectivity index (χ0n) is 7.31. The number of hydrogen-bond donors (Lipinski definition) is 0. The fourth-order valence-corrected chi connectivity index (χ4v) is 1.19. The van der Waals surface area contributed by atoms with Crippen molar-refractivity contribution in [2.45, 2.75) is 12.5 Å². The number of rotatable bonds is 3. The van der Waals surface area contributed by atoms with Crippen molar-refractivity contribution in [1.29, 1.82) is 0 Å². The summed E-state index contributed by atoms with van der Waals surface area (Å²) in [5.41, 5.74) is 0. The van der Waals surface area contributed by atoms with Crippen LogP contribution in [-0.4, -0.2) is 19.3 Å². The molecule has 0 bridgehead atoms. The largest absolute Gasteiger partial charge is 0.378 e. The second kappa shape index (κ2) is 4.25. The van der Waals surface area contributed by atoms with E-state index in [1.54, 1.807) is 0 Å². The van der Waals surface area contributed by atoms with E-state index in [9.17, 15) is 0 Å². The molecular weight excluding hydrogens is 168 g/mol. The lowest BCUT2D eigenvalue weighted by Gasteiger charge is -2.08. The van der Waals surface area contributed by atoms with E-state index in [2.05, 4.69) is 0 Å². The Kier molecular flexibility index (Phi) is 2.79. The molecule has 1 atom stereocenters. The van der Waals surface area contributed by atoms with Gasteiger partial charge in [-0.1, -0.05) is 18.2 Å². The molecule has 0 saturated carbocycles. The molecule has 70 valence electrons. The minimum absolute atomic E-state index is 0.0835. The predicted octanol–water partition coefficient (Wildman–Crippen LogP) is 1.79. The first-order valence-corrected chi connectivity index (χ1v) is 4.41. The van der Waals surface area contributed by atoms with Crippen LogP contribution in [0.5, 0.6) is 5.75 Å². The average molecular weight is 180 g/mol. The number of hydrogen-bond acceptors (Lipinski definition) is 3. The van der Waals surface area contributed by atoms with Crippen LogP contribution < -0.4 is 4.89 Å². The van der Waals surface area contributed by atoms with E-state index in [0.717, 1.165) is 18.8 Å². The van der Waals surface area contributed by atoms with Gasteiger partial charge in [0.1, 0.15) is 6.10 Å². The summed E-state index contributed by atoms with van der Waals surface area (Å²) >= 11 is 0. The summed E-state index contributed by atoms with van der Waals surface area (Å²) in [5, 5.41) is 0.